The van der Waals surface area contributed by atoms with Crippen LogP contribution in [0.3, 0.4) is 0 Å². The summed E-state index contributed by atoms with van der Waals surface area (Å²) in [5, 5.41) is 11.6. The van der Waals surface area contributed by atoms with E-state index in [0.29, 0.717) is 0 Å². The largest absolute Gasteiger partial charge is 0.409 e. The molecule has 0 amide bonds. The fraction of sp³-hybridized carbons (Fsp3) is 0.500. The van der Waals surface area contributed by atoms with Gasteiger partial charge in [0.1, 0.15) is 0 Å². The van der Waals surface area contributed by atoms with E-state index in [1.54, 1.807) is 0 Å². The van der Waals surface area contributed by atoms with Crippen LogP contribution in [0.5, 0.6) is 0 Å². The molecule has 0 bridgehead atoms. The second kappa shape index (κ2) is 7.58. The zero-order chi connectivity index (χ0) is 13.4. The number of hydrogen-bond acceptors (Lipinski definition) is 3. The van der Waals surface area contributed by atoms with E-state index in [1.165, 1.54) is 25.7 Å². The Kier molecular flexibility index (Phi) is 6.05. The Morgan fingerprint density at radius 2 is 1.89 bits per heavy atom. The minimum Gasteiger partial charge on any atom is -0.409 e. The molecule has 0 aromatic heterocycles. The van der Waals surface area contributed by atoms with Gasteiger partial charge in [0, 0.05) is 24.8 Å². The molecule has 18 heavy (non-hydrogen) atoms. The summed E-state index contributed by atoms with van der Waals surface area (Å²) in [4.78, 5) is 2.23. The highest BCUT2D eigenvalue weighted by atomic mass is 16.4. The molecule has 0 saturated heterocycles. The van der Waals surface area contributed by atoms with Gasteiger partial charge in [-0.05, 0) is 30.7 Å². The zero-order valence-electron chi connectivity index (χ0n) is 11.3. The molecule has 100 valence electrons. The maximum atomic E-state index is 8.59. The van der Waals surface area contributed by atoms with Gasteiger partial charge in [0.25, 0.3) is 0 Å². The summed E-state index contributed by atoms with van der Waals surface area (Å²) in [7, 11) is 2.09. The van der Waals surface area contributed by atoms with Crippen molar-refractivity contribution >= 4 is 11.5 Å². The predicted molar refractivity (Wildman–Crippen MR) is 76.4 cm³/mol. The number of rotatable bonds is 7. The third kappa shape index (κ3) is 4.28. The lowest BCUT2D eigenvalue weighted by Gasteiger charge is -2.19. The molecule has 4 nitrogen and oxygen atoms in total. The van der Waals surface area contributed by atoms with Crippen molar-refractivity contribution in [3.8, 4) is 0 Å². The molecule has 0 heterocycles. The van der Waals surface area contributed by atoms with E-state index < -0.39 is 0 Å². The van der Waals surface area contributed by atoms with Crippen LogP contribution in [0, 0.1) is 0 Å². The molecule has 0 radical (unpaired) electrons. The van der Waals surface area contributed by atoms with Crippen LogP contribution in [0.25, 0.3) is 0 Å². The summed E-state index contributed by atoms with van der Waals surface area (Å²) in [6.45, 7) is 3.28. The quantitative estimate of drug-likeness (QED) is 0.257. The maximum absolute atomic E-state index is 8.59. The van der Waals surface area contributed by atoms with Crippen molar-refractivity contribution in [3.05, 3.63) is 29.8 Å². The van der Waals surface area contributed by atoms with Crippen LogP contribution < -0.4 is 10.6 Å². The van der Waals surface area contributed by atoms with E-state index in [2.05, 4.69) is 24.0 Å². The van der Waals surface area contributed by atoms with Gasteiger partial charge in [0.15, 0.2) is 5.84 Å². The zero-order valence-corrected chi connectivity index (χ0v) is 11.3. The van der Waals surface area contributed by atoms with E-state index in [1.807, 2.05) is 24.3 Å². The van der Waals surface area contributed by atoms with Gasteiger partial charge >= 0.3 is 0 Å². The molecular formula is C14H23N3O. The molecule has 3 N–H and O–H groups in total. The summed E-state index contributed by atoms with van der Waals surface area (Å²) in [5.41, 5.74) is 7.41. The first-order valence-corrected chi connectivity index (χ1v) is 6.48. The van der Waals surface area contributed by atoms with Crippen LogP contribution in [0.1, 0.15) is 38.2 Å². The fourth-order valence-electron chi connectivity index (χ4n) is 1.85. The normalized spacial score (nSPS) is 11.6. The molecular weight excluding hydrogens is 226 g/mol. The minimum absolute atomic E-state index is 0.146. The Balaban J connectivity index is 2.51. The topological polar surface area (TPSA) is 61.8 Å². The lowest BCUT2D eigenvalue weighted by Crippen LogP contribution is -2.19. The number of anilines is 1. The average Bonchev–Trinajstić information content (AvgIpc) is 2.42. The van der Waals surface area contributed by atoms with Crippen molar-refractivity contribution in [1.82, 2.24) is 0 Å². The van der Waals surface area contributed by atoms with Gasteiger partial charge in [0.2, 0.25) is 0 Å². The van der Waals surface area contributed by atoms with Crippen LogP contribution in [0.15, 0.2) is 29.4 Å². The number of hydrogen-bond donors (Lipinski definition) is 2. The van der Waals surface area contributed by atoms with Crippen LogP contribution in [0.2, 0.25) is 0 Å². The van der Waals surface area contributed by atoms with Crippen LogP contribution in [-0.4, -0.2) is 24.6 Å². The second-order valence-electron chi connectivity index (χ2n) is 4.51. The summed E-state index contributed by atoms with van der Waals surface area (Å²) in [5.74, 6) is 0.146. The van der Waals surface area contributed by atoms with Crippen LogP contribution in [0.4, 0.5) is 5.69 Å². The molecule has 0 atom stereocenters. The minimum atomic E-state index is 0.146. The van der Waals surface area contributed by atoms with E-state index >= 15 is 0 Å². The SMILES string of the molecule is CCCCCCN(C)c1ccc(C(N)=NO)cc1. The fourth-order valence-corrected chi connectivity index (χ4v) is 1.85. The monoisotopic (exact) mass is 249 g/mol. The van der Waals surface area contributed by atoms with Crippen LogP contribution >= 0.6 is 0 Å². The summed E-state index contributed by atoms with van der Waals surface area (Å²) >= 11 is 0. The Bertz CT molecular complexity index is 373. The number of amidine groups is 1. The number of nitrogens with zero attached hydrogens (tertiary/aromatic N) is 2. The maximum Gasteiger partial charge on any atom is 0.170 e. The molecule has 4 heteroatoms. The van der Waals surface area contributed by atoms with Gasteiger partial charge < -0.3 is 15.8 Å². The first kappa shape index (κ1) is 14.4. The molecule has 0 aliphatic rings. The molecule has 1 rings (SSSR count). The third-order valence-corrected chi connectivity index (χ3v) is 3.06. The van der Waals surface area contributed by atoms with Crippen LogP contribution in [-0.2, 0) is 0 Å². The number of oxime groups is 1. The number of unbranched alkanes of at least 4 members (excludes halogenated alkanes) is 3. The van der Waals surface area contributed by atoms with E-state index in [-0.39, 0.29) is 5.84 Å². The van der Waals surface area contributed by atoms with Gasteiger partial charge in [-0.1, -0.05) is 31.3 Å². The van der Waals surface area contributed by atoms with Crippen molar-refractivity contribution in [2.24, 2.45) is 10.9 Å². The van der Waals surface area contributed by atoms with Gasteiger partial charge in [0.05, 0.1) is 0 Å². The second-order valence-corrected chi connectivity index (χ2v) is 4.51. The van der Waals surface area contributed by atoms with Crippen molar-refractivity contribution < 1.29 is 5.21 Å². The average molecular weight is 249 g/mol. The molecule has 0 aliphatic carbocycles. The first-order chi connectivity index (χ1) is 8.69. The molecule has 0 saturated carbocycles. The van der Waals surface area contributed by atoms with Crippen molar-refractivity contribution in [3.63, 3.8) is 0 Å². The van der Waals surface area contributed by atoms with E-state index in [4.69, 9.17) is 10.9 Å². The van der Waals surface area contributed by atoms with Crippen molar-refractivity contribution in [1.29, 1.82) is 0 Å². The highest BCUT2D eigenvalue weighted by Crippen LogP contribution is 2.14. The number of benzene rings is 1. The first-order valence-electron chi connectivity index (χ1n) is 6.48. The molecule has 0 fully saturated rings. The van der Waals surface area contributed by atoms with E-state index in [0.717, 1.165) is 17.8 Å². The Morgan fingerprint density at radius 1 is 1.22 bits per heavy atom. The summed E-state index contributed by atoms with van der Waals surface area (Å²) in [6.07, 6.45) is 5.06. The van der Waals surface area contributed by atoms with E-state index in [9.17, 15) is 0 Å². The smallest absolute Gasteiger partial charge is 0.170 e. The predicted octanol–water partition coefficient (Wildman–Crippen LogP) is 2.80. The standard InChI is InChI=1S/C14H23N3O/c1-3-4-5-6-11-17(2)13-9-7-12(8-10-13)14(15)16-18/h7-10,18H,3-6,11H2,1-2H3,(H2,15,16). The lowest BCUT2D eigenvalue weighted by molar-refractivity contribution is 0.318. The summed E-state index contributed by atoms with van der Waals surface area (Å²) in [6, 6.07) is 7.72. The van der Waals surface area contributed by atoms with Gasteiger partial charge in [-0.25, -0.2) is 0 Å². The van der Waals surface area contributed by atoms with Crippen molar-refractivity contribution in [2.75, 3.05) is 18.5 Å². The molecule has 1 aromatic carbocycles. The Morgan fingerprint density at radius 3 is 2.44 bits per heavy atom. The summed E-state index contributed by atoms with van der Waals surface area (Å²) < 4.78 is 0. The Labute approximate surface area is 109 Å². The molecule has 0 spiro atoms. The van der Waals surface area contributed by atoms with Gasteiger partial charge in [-0.2, -0.15) is 0 Å². The molecule has 0 unspecified atom stereocenters. The van der Waals surface area contributed by atoms with Crippen molar-refractivity contribution in [2.45, 2.75) is 32.6 Å². The number of nitrogens with two attached hydrogens (primary N) is 1. The molecule has 1 aromatic rings. The van der Waals surface area contributed by atoms with Gasteiger partial charge in [-0.15, -0.1) is 0 Å². The lowest BCUT2D eigenvalue weighted by atomic mass is 10.1. The molecule has 0 aliphatic heterocycles. The third-order valence-electron chi connectivity index (χ3n) is 3.06. The highest BCUT2D eigenvalue weighted by Gasteiger charge is 2.02. The highest BCUT2D eigenvalue weighted by molar-refractivity contribution is 5.97. The Hall–Kier alpha value is -1.71. The van der Waals surface area contributed by atoms with Gasteiger partial charge in [-0.3, -0.25) is 0 Å².